The first kappa shape index (κ1) is 18.7. The number of amides is 2. The highest BCUT2D eigenvalue weighted by Crippen LogP contribution is 2.18. The molecule has 0 radical (unpaired) electrons. The van der Waals surface area contributed by atoms with Crippen LogP contribution in [0.3, 0.4) is 0 Å². The topological polar surface area (TPSA) is 58.2 Å². The minimum Gasteiger partial charge on any atom is -0.340 e. The van der Waals surface area contributed by atoms with Gasteiger partial charge in [0.05, 0.1) is 6.42 Å². The molecule has 5 heteroatoms. The molecule has 0 bridgehead atoms. The molecular weight excluding hydrogens is 360 g/mol. The zero-order chi connectivity index (χ0) is 19.1. The van der Waals surface area contributed by atoms with Crippen LogP contribution in [-0.4, -0.2) is 11.8 Å². The van der Waals surface area contributed by atoms with Crippen LogP contribution < -0.4 is 10.6 Å². The molecule has 0 fully saturated rings. The quantitative estimate of drug-likeness (QED) is 0.668. The summed E-state index contributed by atoms with van der Waals surface area (Å²) in [7, 11) is 0. The number of nitrogens with one attached hydrogen (secondary N) is 2. The SMILES string of the molecule is O=C(Cc1ccccc1Cl)NC(C(=O)Nc1ccccc1)c1ccccc1. The van der Waals surface area contributed by atoms with E-state index < -0.39 is 6.04 Å². The summed E-state index contributed by atoms with van der Waals surface area (Å²) in [4.78, 5) is 25.4. The standard InChI is InChI=1S/C22H19ClN2O2/c23-19-14-8-7-11-17(19)15-20(26)25-21(16-9-3-1-4-10-16)22(27)24-18-12-5-2-6-13-18/h1-14,21H,15H2,(H,24,27)(H,25,26). The predicted octanol–water partition coefficient (Wildman–Crippen LogP) is 4.38. The normalized spacial score (nSPS) is 11.4. The maximum Gasteiger partial charge on any atom is 0.251 e. The average Bonchev–Trinajstić information content (AvgIpc) is 2.69. The summed E-state index contributed by atoms with van der Waals surface area (Å²) < 4.78 is 0. The van der Waals surface area contributed by atoms with Gasteiger partial charge in [-0.1, -0.05) is 78.3 Å². The van der Waals surface area contributed by atoms with Crippen molar-refractivity contribution in [2.45, 2.75) is 12.5 Å². The van der Waals surface area contributed by atoms with Crippen molar-refractivity contribution in [3.05, 3.63) is 101 Å². The van der Waals surface area contributed by atoms with Gasteiger partial charge in [0.25, 0.3) is 5.91 Å². The van der Waals surface area contributed by atoms with E-state index in [9.17, 15) is 9.59 Å². The van der Waals surface area contributed by atoms with Crippen LogP contribution >= 0.6 is 11.6 Å². The number of benzene rings is 3. The molecule has 0 spiro atoms. The van der Waals surface area contributed by atoms with Crippen molar-refractivity contribution in [3.8, 4) is 0 Å². The van der Waals surface area contributed by atoms with E-state index in [1.807, 2.05) is 60.7 Å². The van der Waals surface area contributed by atoms with Crippen molar-refractivity contribution >= 4 is 29.1 Å². The monoisotopic (exact) mass is 378 g/mol. The van der Waals surface area contributed by atoms with Gasteiger partial charge in [-0.2, -0.15) is 0 Å². The Balaban J connectivity index is 1.77. The van der Waals surface area contributed by atoms with Gasteiger partial charge < -0.3 is 10.6 Å². The third-order valence-electron chi connectivity index (χ3n) is 4.05. The molecule has 2 amide bonds. The first-order valence-corrected chi connectivity index (χ1v) is 8.95. The number of para-hydroxylation sites is 1. The molecule has 0 aliphatic rings. The lowest BCUT2D eigenvalue weighted by Gasteiger charge is -2.19. The van der Waals surface area contributed by atoms with Gasteiger partial charge in [0.15, 0.2) is 0 Å². The lowest BCUT2D eigenvalue weighted by Crippen LogP contribution is -2.37. The third-order valence-corrected chi connectivity index (χ3v) is 4.42. The highest BCUT2D eigenvalue weighted by molar-refractivity contribution is 6.31. The van der Waals surface area contributed by atoms with Crippen LogP contribution in [0.15, 0.2) is 84.9 Å². The van der Waals surface area contributed by atoms with Crippen LogP contribution in [0.2, 0.25) is 5.02 Å². The van der Waals surface area contributed by atoms with Crippen LogP contribution in [-0.2, 0) is 16.0 Å². The smallest absolute Gasteiger partial charge is 0.251 e. The highest BCUT2D eigenvalue weighted by atomic mass is 35.5. The van der Waals surface area contributed by atoms with E-state index >= 15 is 0 Å². The van der Waals surface area contributed by atoms with Gasteiger partial charge in [-0.15, -0.1) is 0 Å². The second kappa shape index (κ2) is 9.01. The summed E-state index contributed by atoms with van der Waals surface area (Å²) in [6.07, 6.45) is 0.0988. The van der Waals surface area contributed by atoms with Gasteiger partial charge in [0.2, 0.25) is 5.91 Å². The zero-order valence-corrected chi connectivity index (χ0v) is 15.3. The van der Waals surface area contributed by atoms with Gasteiger partial charge in [-0.3, -0.25) is 9.59 Å². The van der Waals surface area contributed by atoms with Gasteiger partial charge in [0, 0.05) is 10.7 Å². The van der Waals surface area contributed by atoms with E-state index in [2.05, 4.69) is 10.6 Å². The maximum atomic E-state index is 12.8. The third kappa shape index (κ3) is 5.19. The number of hydrogen-bond acceptors (Lipinski definition) is 2. The highest BCUT2D eigenvalue weighted by Gasteiger charge is 2.23. The molecule has 27 heavy (non-hydrogen) atoms. The van der Waals surface area contributed by atoms with Gasteiger partial charge >= 0.3 is 0 Å². The molecule has 0 saturated heterocycles. The summed E-state index contributed by atoms with van der Waals surface area (Å²) in [5.74, 6) is -0.583. The molecule has 0 heterocycles. The number of halogens is 1. The Morgan fingerprint density at radius 1 is 0.815 bits per heavy atom. The Morgan fingerprint density at radius 3 is 2.07 bits per heavy atom. The fraction of sp³-hybridized carbons (Fsp3) is 0.0909. The Kier molecular flexibility index (Phi) is 6.23. The van der Waals surface area contributed by atoms with Gasteiger partial charge in [0.1, 0.15) is 6.04 Å². The lowest BCUT2D eigenvalue weighted by molar-refractivity contribution is -0.126. The van der Waals surface area contributed by atoms with Crippen molar-refractivity contribution in [3.63, 3.8) is 0 Å². The Labute approximate surface area is 163 Å². The number of carbonyl (C=O) groups excluding carboxylic acids is 2. The molecule has 0 aliphatic carbocycles. The van der Waals surface area contributed by atoms with E-state index in [0.717, 1.165) is 0 Å². The van der Waals surface area contributed by atoms with Crippen LogP contribution in [0.1, 0.15) is 17.2 Å². The number of anilines is 1. The summed E-state index contributed by atoms with van der Waals surface area (Å²) in [5, 5.41) is 6.19. The molecule has 136 valence electrons. The number of rotatable bonds is 6. The molecule has 0 aliphatic heterocycles. The molecule has 4 nitrogen and oxygen atoms in total. The van der Waals surface area contributed by atoms with Crippen LogP contribution in [0.5, 0.6) is 0 Å². The molecule has 3 aromatic rings. The van der Waals surface area contributed by atoms with E-state index in [1.54, 1.807) is 24.3 Å². The van der Waals surface area contributed by atoms with Crippen molar-refractivity contribution in [2.75, 3.05) is 5.32 Å². The van der Waals surface area contributed by atoms with Crippen molar-refractivity contribution < 1.29 is 9.59 Å². The molecule has 1 atom stereocenters. The summed E-state index contributed by atoms with van der Waals surface area (Å²) in [5.41, 5.74) is 2.09. The molecular formula is C22H19ClN2O2. The fourth-order valence-electron chi connectivity index (χ4n) is 2.71. The van der Waals surface area contributed by atoms with E-state index in [0.29, 0.717) is 21.8 Å². The minimum atomic E-state index is -0.804. The zero-order valence-electron chi connectivity index (χ0n) is 14.6. The number of hydrogen-bond donors (Lipinski definition) is 2. The van der Waals surface area contributed by atoms with Gasteiger partial charge in [-0.25, -0.2) is 0 Å². The molecule has 0 saturated carbocycles. The van der Waals surface area contributed by atoms with Crippen LogP contribution in [0.4, 0.5) is 5.69 Å². The second-order valence-electron chi connectivity index (χ2n) is 6.03. The Bertz CT molecular complexity index is 914. The maximum absolute atomic E-state index is 12.8. The second-order valence-corrected chi connectivity index (χ2v) is 6.44. The molecule has 1 unspecified atom stereocenters. The fourth-order valence-corrected chi connectivity index (χ4v) is 2.91. The summed E-state index contributed by atoms with van der Waals surface area (Å²) in [6, 6.07) is 24.6. The van der Waals surface area contributed by atoms with E-state index in [-0.39, 0.29) is 18.2 Å². The molecule has 0 aromatic heterocycles. The molecule has 2 N–H and O–H groups in total. The lowest BCUT2D eigenvalue weighted by atomic mass is 10.0. The van der Waals surface area contributed by atoms with Crippen molar-refractivity contribution in [1.82, 2.24) is 5.32 Å². The molecule has 3 aromatic carbocycles. The Hall–Kier alpha value is -3.11. The van der Waals surface area contributed by atoms with Crippen molar-refractivity contribution in [2.24, 2.45) is 0 Å². The van der Waals surface area contributed by atoms with Gasteiger partial charge in [-0.05, 0) is 29.3 Å². The van der Waals surface area contributed by atoms with E-state index in [1.165, 1.54) is 0 Å². The first-order valence-electron chi connectivity index (χ1n) is 8.57. The minimum absolute atomic E-state index is 0.0988. The largest absolute Gasteiger partial charge is 0.340 e. The first-order chi connectivity index (χ1) is 13.1. The molecule has 3 rings (SSSR count). The summed E-state index contributed by atoms with van der Waals surface area (Å²) >= 11 is 6.13. The summed E-state index contributed by atoms with van der Waals surface area (Å²) in [6.45, 7) is 0. The Morgan fingerprint density at radius 2 is 1.41 bits per heavy atom. The van der Waals surface area contributed by atoms with Crippen molar-refractivity contribution in [1.29, 1.82) is 0 Å². The predicted molar refractivity (Wildman–Crippen MR) is 108 cm³/mol. The van der Waals surface area contributed by atoms with E-state index in [4.69, 9.17) is 11.6 Å². The average molecular weight is 379 g/mol. The number of carbonyl (C=O) groups is 2. The van der Waals surface area contributed by atoms with Crippen LogP contribution in [0.25, 0.3) is 0 Å². The van der Waals surface area contributed by atoms with Crippen LogP contribution in [0, 0.1) is 0 Å².